The van der Waals surface area contributed by atoms with E-state index in [0.29, 0.717) is 52.5 Å². The van der Waals surface area contributed by atoms with Gasteiger partial charge in [-0.2, -0.15) is 0 Å². The van der Waals surface area contributed by atoms with E-state index >= 15 is 0 Å². The lowest BCUT2D eigenvalue weighted by atomic mass is 10.1. The first kappa shape index (κ1) is 21.3. The highest BCUT2D eigenvalue weighted by atomic mass is 19.1. The van der Waals surface area contributed by atoms with Crippen molar-refractivity contribution in [2.75, 3.05) is 12.4 Å². The molecule has 2 amide bonds. The zero-order chi connectivity index (χ0) is 22.8. The van der Waals surface area contributed by atoms with Crippen molar-refractivity contribution in [1.82, 2.24) is 14.5 Å². The highest BCUT2D eigenvalue weighted by molar-refractivity contribution is 6.05. The third kappa shape index (κ3) is 3.99. The van der Waals surface area contributed by atoms with Crippen LogP contribution in [0.4, 0.5) is 10.1 Å². The lowest BCUT2D eigenvalue weighted by molar-refractivity contribution is -0.114. The third-order valence-corrected chi connectivity index (χ3v) is 5.15. The first-order valence-electron chi connectivity index (χ1n) is 10.2. The Bertz CT molecular complexity index is 1290. The SMILES string of the molecule is CCn1c(-c2ccccc2F)nc2cc(C(=O)N(C)Cc3ccco3)cc(NC(C)=O)c21. The first-order valence-corrected chi connectivity index (χ1v) is 10.2. The summed E-state index contributed by atoms with van der Waals surface area (Å²) in [6.07, 6.45) is 1.55. The van der Waals surface area contributed by atoms with Crippen molar-refractivity contribution < 1.29 is 18.4 Å². The van der Waals surface area contributed by atoms with Crippen molar-refractivity contribution in [3.05, 3.63) is 71.9 Å². The molecule has 4 rings (SSSR count). The van der Waals surface area contributed by atoms with Gasteiger partial charge in [-0.05, 0) is 43.3 Å². The molecule has 0 radical (unpaired) electrons. The molecule has 0 saturated heterocycles. The number of amides is 2. The minimum Gasteiger partial charge on any atom is -0.467 e. The van der Waals surface area contributed by atoms with Crippen molar-refractivity contribution in [2.45, 2.75) is 26.9 Å². The quantitative estimate of drug-likeness (QED) is 0.478. The molecular formula is C24H23FN4O3. The van der Waals surface area contributed by atoms with Crippen LogP contribution in [-0.2, 0) is 17.9 Å². The van der Waals surface area contributed by atoms with E-state index in [1.807, 2.05) is 11.5 Å². The second-order valence-corrected chi connectivity index (χ2v) is 7.47. The lowest BCUT2D eigenvalue weighted by Gasteiger charge is -2.17. The number of nitrogens with zero attached hydrogens (tertiary/aromatic N) is 3. The second kappa shape index (κ2) is 8.66. The van der Waals surface area contributed by atoms with Crippen LogP contribution in [-0.4, -0.2) is 33.3 Å². The Morgan fingerprint density at radius 1 is 1.19 bits per heavy atom. The van der Waals surface area contributed by atoms with Gasteiger partial charge in [0.25, 0.3) is 5.91 Å². The summed E-state index contributed by atoms with van der Waals surface area (Å²) in [6.45, 7) is 4.11. The number of rotatable bonds is 6. The Labute approximate surface area is 184 Å². The number of benzene rings is 2. The monoisotopic (exact) mass is 434 g/mol. The molecular weight excluding hydrogens is 411 g/mol. The molecule has 0 aliphatic carbocycles. The Morgan fingerprint density at radius 2 is 1.97 bits per heavy atom. The van der Waals surface area contributed by atoms with E-state index in [1.54, 1.807) is 55.8 Å². The third-order valence-electron chi connectivity index (χ3n) is 5.15. The number of imidazole rings is 1. The normalized spacial score (nSPS) is 11.0. The van der Waals surface area contributed by atoms with Crippen molar-refractivity contribution in [3.8, 4) is 11.4 Å². The summed E-state index contributed by atoms with van der Waals surface area (Å²) in [4.78, 5) is 31.2. The average molecular weight is 434 g/mol. The predicted molar refractivity (Wildman–Crippen MR) is 120 cm³/mol. The van der Waals surface area contributed by atoms with Crippen molar-refractivity contribution in [2.24, 2.45) is 0 Å². The highest BCUT2D eigenvalue weighted by Gasteiger charge is 2.22. The first-order chi connectivity index (χ1) is 15.4. The van der Waals surface area contributed by atoms with E-state index in [9.17, 15) is 14.0 Å². The second-order valence-electron chi connectivity index (χ2n) is 7.47. The number of halogens is 1. The van der Waals surface area contributed by atoms with Gasteiger partial charge in [0.2, 0.25) is 5.91 Å². The van der Waals surface area contributed by atoms with Gasteiger partial charge < -0.3 is 19.2 Å². The number of furan rings is 1. The van der Waals surface area contributed by atoms with Crippen LogP contribution in [0.5, 0.6) is 0 Å². The predicted octanol–water partition coefficient (Wildman–Crippen LogP) is 4.69. The summed E-state index contributed by atoms with van der Waals surface area (Å²) in [5, 5.41) is 2.80. The van der Waals surface area contributed by atoms with Gasteiger partial charge in [-0.15, -0.1) is 0 Å². The Morgan fingerprint density at radius 3 is 2.62 bits per heavy atom. The van der Waals surface area contributed by atoms with Gasteiger partial charge in [-0.3, -0.25) is 9.59 Å². The van der Waals surface area contributed by atoms with E-state index in [-0.39, 0.29) is 11.8 Å². The molecule has 1 N–H and O–H groups in total. The van der Waals surface area contributed by atoms with E-state index in [1.165, 1.54) is 17.9 Å². The van der Waals surface area contributed by atoms with Gasteiger partial charge in [-0.1, -0.05) is 12.1 Å². The number of fused-ring (bicyclic) bond motifs is 1. The molecule has 7 nitrogen and oxygen atoms in total. The fraction of sp³-hybridized carbons (Fsp3) is 0.208. The zero-order valence-corrected chi connectivity index (χ0v) is 18.1. The molecule has 8 heteroatoms. The van der Waals surface area contributed by atoms with Crippen LogP contribution in [0.2, 0.25) is 0 Å². The number of hydrogen-bond donors (Lipinski definition) is 1. The van der Waals surface area contributed by atoms with Gasteiger partial charge in [0.05, 0.1) is 35.1 Å². The maximum absolute atomic E-state index is 14.5. The standard InChI is InChI=1S/C24H23FN4O3/c1-4-29-22-20(26-15(2)30)12-16(24(31)28(3)14-17-8-7-11-32-17)13-21(22)27-23(29)18-9-5-6-10-19(18)25/h5-13H,4,14H2,1-3H3,(H,26,30). The molecule has 32 heavy (non-hydrogen) atoms. The van der Waals surface area contributed by atoms with Gasteiger partial charge >= 0.3 is 0 Å². The van der Waals surface area contributed by atoms with E-state index in [2.05, 4.69) is 10.3 Å². The van der Waals surface area contributed by atoms with Crippen LogP contribution in [0.15, 0.2) is 59.2 Å². The van der Waals surface area contributed by atoms with E-state index in [0.717, 1.165) is 0 Å². The van der Waals surface area contributed by atoms with E-state index in [4.69, 9.17) is 4.42 Å². The number of nitrogens with one attached hydrogen (secondary N) is 1. The molecule has 2 aromatic heterocycles. The summed E-state index contributed by atoms with van der Waals surface area (Å²) in [7, 11) is 1.67. The van der Waals surface area contributed by atoms with Crippen LogP contribution in [0, 0.1) is 5.82 Å². The highest BCUT2D eigenvalue weighted by Crippen LogP contribution is 2.32. The maximum atomic E-state index is 14.5. The average Bonchev–Trinajstić information content (AvgIpc) is 3.40. The molecule has 0 fully saturated rings. The number of carbonyl (C=O) groups is 2. The van der Waals surface area contributed by atoms with Crippen LogP contribution < -0.4 is 5.32 Å². The molecule has 0 aliphatic heterocycles. The Hall–Kier alpha value is -3.94. The molecule has 0 atom stereocenters. The molecule has 0 bridgehead atoms. The molecule has 0 saturated carbocycles. The van der Waals surface area contributed by atoms with Crippen molar-refractivity contribution in [1.29, 1.82) is 0 Å². The number of anilines is 1. The zero-order valence-electron chi connectivity index (χ0n) is 18.1. The minimum atomic E-state index is -0.395. The van der Waals surface area contributed by atoms with Crippen LogP contribution >= 0.6 is 0 Å². The molecule has 2 heterocycles. The number of carbonyl (C=O) groups excluding carboxylic acids is 2. The van der Waals surface area contributed by atoms with Crippen LogP contribution in [0.3, 0.4) is 0 Å². The topological polar surface area (TPSA) is 80.4 Å². The fourth-order valence-electron chi connectivity index (χ4n) is 3.76. The smallest absolute Gasteiger partial charge is 0.254 e. The molecule has 0 spiro atoms. The van der Waals surface area contributed by atoms with E-state index < -0.39 is 5.82 Å². The number of hydrogen-bond acceptors (Lipinski definition) is 4. The molecule has 0 unspecified atom stereocenters. The molecule has 4 aromatic rings. The van der Waals surface area contributed by atoms with Gasteiger partial charge in [-0.25, -0.2) is 9.37 Å². The summed E-state index contributed by atoms with van der Waals surface area (Å²) >= 11 is 0. The van der Waals surface area contributed by atoms with Gasteiger partial charge in [0, 0.05) is 26.1 Å². The van der Waals surface area contributed by atoms with Crippen LogP contribution in [0.1, 0.15) is 30.0 Å². The number of aryl methyl sites for hydroxylation is 1. The van der Waals surface area contributed by atoms with Crippen LogP contribution in [0.25, 0.3) is 22.4 Å². The van der Waals surface area contributed by atoms with Crippen molar-refractivity contribution in [3.63, 3.8) is 0 Å². The summed E-state index contributed by atoms with van der Waals surface area (Å²) in [5.74, 6) is 0.152. The molecule has 0 aliphatic rings. The fourth-order valence-corrected chi connectivity index (χ4v) is 3.76. The van der Waals surface area contributed by atoms with Crippen molar-refractivity contribution >= 4 is 28.5 Å². The largest absolute Gasteiger partial charge is 0.467 e. The lowest BCUT2D eigenvalue weighted by Crippen LogP contribution is -2.26. The summed E-state index contributed by atoms with van der Waals surface area (Å²) in [6, 6.07) is 13.2. The van der Waals surface area contributed by atoms with Gasteiger partial charge in [0.1, 0.15) is 17.4 Å². The number of aromatic nitrogens is 2. The minimum absolute atomic E-state index is 0.256. The Kier molecular flexibility index (Phi) is 5.77. The summed E-state index contributed by atoms with van der Waals surface area (Å²) in [5.41, 5.74) is 2.28. The maximum Gasteiger partial charge on any atom is 0.254 e. The van der Waals surface area contributed by atoms with Gasteiger partial charge in [0.15, 0.2) is 0 Å². The molecule has 2 aromatic carbocycles. The Balaban J connectivity index is 1.85. The summed E-state index contributed by atoms with van der Waals surface area (Å²) < 4.78 is 21.7. The molecule has 164 valence electrons.